The molecule has 0 amide bonds. The van der Waals surface area contributed by atoms with E-state index in [2.05, 4.69) is 74.6 Å². The Labute approximate surface area is 156 Å². The summed E-state index contributed by atoms with van der Waals surface area (Å²) in [4.78, 5) is 4.80. The van der Waals surface area contributed by atoms with Crippen LogP contribution in [-0.2, 0) is 18.5 Å². The molecule has 1 heterocycles. The van der Waals surface area contributed by atoms with E-state index >= 15 is 0 Å². The van der Waals surface area contributed by atoms with Crippen LogP contribution in [0.25, 0.3) is 0 Å². The Morgan fingerprint density at radius 1 is 0.708 bits per heavy atom. The lowest BCUT2D eigenvalue weighted by Crippen LogP contribution is -2.10. The molecule has 1 rings (SSSR count). The van der Waals surface area contributed by atoms with Crippen LogP contribution in [0.15, 0.2) is 12.3 Å². The van der Waals surface area contributed by atoms with Gasteiger partial charge in [0.25, 0.3) is 0 Å². The molecule has 0 saturated carbocycles. The molecule has 24 heavy (non-hydrogen) atoms. The molecule has 0 bridgehead atoms. The number of hydrogen-bond donors (Lipinski definition) is 0. The standard InChI is InChI=1S/C20H38NP3/c1-18(2,3)22-12-15-10-11-21-17(14-24-20(7,8)9)16(15)13-23-19(4,5)6/h10-11,22-24H,12-14H2,1-9H3. The van der Waals surface area contributed by atoms with Gasteiger partial charge in [-0.3, -0.25) is 4.98 Å². The summed E-state index contributed by atoms with van der Waals surface area (Å²) in [6.07, 6.45) is 5.60. The molecule has 1 nitrogen and oxygen atoms in total. The first-order chi connectivity index (χ1) is 10.8. The number of nitrogens with zero attached hydrogens (tertiary/aromatic N) is 1. The monoisotopic (exact) mass is 385 g/mol. The van der Waals surface area contributed by atoms with Gasteiger partial charge in [-0.05, 0) is 45.0 Å². The van der Waals surface area contributed by atoms with E-state index in [1.165, 1.54) is 18.0 Å². The first-order valence-electron chi connectivity index (χ1n) is 8.98. The van der Waals surface area contributed by atoms with E-state index in [1.54, 1.807) is 11.1 Å². The highest BCUT2D eigenvalue weighted by molar-refractivity contribution is 7.39. The van der Waals surface area contributed by atoms with Crippen LogP contribution in [0.3, 0.4) is 0 Å². The van der Waals surface area contributed by atoms with Crippen LogP contribution in [0.5, 0.6) is 0 Å². The lowest BCUT2D eigenvalue weighted by atomic mass is 10.1. The fourth-order valence-electron chi connectivity index (χ4n) is 2.18. The van der Waals surface area contributed by atoms with Crippen molar-refractivity contribution in [3.63, 3.8) is 0 Å². The van der Waals surface area contributed by atoms with Crippen molar-refractivity contribution in [3.05, 3.63) is 29.1 Å². The smallest absolute Gasteiger partial charge is 0.0482 e. The number of rotatable bonds is 6. The van der Waals surface area contributed by atoms with Gasteiger partial charge in [0.2, 0.25) is 0 Å². The first kappa shape index (κ1) is 22.5. The lowest BCUT2D eigenvalue weighted by molar-refractivity contribution is 0.787. The lowest BCUT2D eigenvalue weighted by Gasteiger charge is -2.24. The van der Waals surface area contributed by atoms with E-state index in [0.717, 1.165) is 31.9 Å². The molecule has 0 N–H and O–H groups in total. The van der Waals surface area contributed by atoms with Gasteiger partial charge < -0.3 is 0 Å². The number of aromatic nitrogens is 1. The summed E-state index contributed by atoms with van der Waals surface area (Å²) in [7, 11) is 2.87. The fraction of sp³-hybridized carbons (Fsp3) is 0.750. The molecule has 0 fully saturated rings. The average Bonchev–Trinajstić information content (AvgIpc) is 2.38. The summed E-state index contributed by atoms with van der Waals surface area (Å²) in [5.41, 5.74) is 4.50. The molecule has 1 aromatic rings. The average molecular weight is 385 g/mol. The van der Waals surface area contributed by atoms with Gasteiger partial charge in [0, 0.05) is 18.1 Å². The molecule has 138 valence electrons. The zero-order chi connectivity index (χ0) is 18.6. The molecule has 0 saturated heterocycles. The molecule has 0 aliphatic rings. The Hall–Kier alpha value is 0.440. The van der Waals surface area contributed by atoms with Crippen molar-refractivity contribution in [1.82, 2.24) is 4.98 Å². The molecular formula is C20H38NP3. The van der Waals surface area contributed by atoms with Crippen molar-refractivity contribution >= 4 is 25.7 Å². The molecule has 4 heteroatoms. The van der Waals surface area contributed by atoms with Crippen LogP contribution in [0.2, 0.25) is 0 Å². The number of hydrogen-bond acceptors (Lipinski definition) is 1. The van der Waals surface area contributed by atoms with Crippen molar-refractivity contribution in [2.45, 2.75) is 96.3 Å². The van der Waals surface area contributed by atoms with Gasteiger partial charge in [0.1, 0.15) is 0 Å². The highest BCUT2D eigenvalue weighted by atomic mass is 31.1. The highest BCUT2D eigenvalue weighted by Crippen LogP contribution is 2.41. The topological polar surface area (TPSA) is 12.9 Å². The molecule has 0 aliphatic heterocycles. The minimum atomic E-state index is 0.397. The van der Waals surface area contributed by atoms with Crippen LogP contribution in [-0.4, -0.2) is 20.5 Å². The molecule has 0 aliphatic carbocycles. The van der Waals surface area contributed by atoms with Crippen molar-refractivity contribution in [2.75, 3.05) is 0 Å². The molecule has 1 aromatic heterocycles. The normalized spacial score (nSPS) is 14.9. The van der Waals surface area contributed by atoms with E-state index in [0.29, 0.717) is 15.5 Å². The largest absolute Gasteiger partial charge is 0.261 e. The second-order valence-corrected chi connectivity index (χ2v) is 16.3. The highest BCUT2D eigenvalue weighted by Gasteiger charge is 2.18. The van der Waals surface area contributed by atoms with Gasteiger partial charge in [0.15, 0.2) is 0 Å². The van der Waals surface area contributed by atoms with Gasteiger partial charge in [-0.15, -0.1) is 25.7 Å². The van der Waals surface area contributed by atoms with E-state index in [1.807, 2.05) is 0 Å². The maximum atomic E-state index is 4.80. The van der Waals surface area contributed by atoms with Gasteiger partial charge in [-0.1, -0.05) is 62.3 Å². The first-order valence-corrected chi connectivity index (χ1v) is 12.6. The Morgan fingerprint density at radius 2 is 1.17 bits per heavy atom. The van der Waals surface area contributed by atoms with E-state index in [4.69, 9.17) is 4.98 Å². The van der Waals surface area contributed by atoms with Gasteiger partial charge >= 0.3 is 0 Å². The van der Waals surface area contributed by atoms with Crippen molar-refractivity contribution in [1.29, 1.82) is 0 Å². The van der Waals surface area contributed by atoms with Crippen LogP contribution in [0.1, 0.15) is 79.1 Å². The summed E-state index contributed by atoms with van der Waals surface area (Å²) in [6.45, 7) is 21.1. The van der Waals surface area contributed by atoms with Crippen LogP contribution in [0, 0.1) is 0 Å². The molecule has 0 spiro atoms. The predicted molar refractivity (Wildman–Crippen MR) is 120 cm³/mol. The maximum Gasteiger partial charge on any atom is 0.0482 e. The van der Waals surface area contributed by atoms with E-state index in [-0.39, 0.29) is 0 Å². The Balaban J connectivity index is 3.03. The zero-order valence-electron chi connectivity index (χ0n) is 17.2. The maximum absolute atomic E-state index is 4.80. The molecular weight excluding hydrogens is 347 g/mol. The SMILES string of the molecule is CC(C)(C)PCc1ccnc(CPC(C)(C)C)c1CPC(C)(C)C. The minimum absolute atomic E-state index is 0.397. The Morgan fingerprint density at radius 3 is 1.67 bits per heavy atom. The Bertz CT molecular complexity index is 483. The minimum Gasteiger partial charge on any atom is -0.261 e. The van der Waals surface area contributed by atoms with Crippen LogP contribution in [0.4, 0.5) is 0 Å². The van der Waals surface area contributed by atoms with Gasteiger partial charge in [0.05, 0.1) is 0 Å². The van der Waals surface area contributed by atoms with Crippen molar-refractivity contribution < 1.29 is 0 Å². The predicted octanol–water partition coefficient (Wildman–Crippen LogP) is 7.01. The Kier molecular flexibility index (Phi) is 8.33. The third kappa shape index (κ3) is 9.80. The molecule has 0 radical (unpaired) electrons. The van der Waals surface area contributed by atoms with Crippen LogP contribution < -0.4 is 0 Å². The third-order valence-electron chi connectivity index (χ3n) is 3.63. The summed E-state index contributed by atoms with van der Waals surface area (Å²) < 4.78 is 0. The molecule has 3 unspecified atom stereocenters. The van der Waals surface area contributed by atoms with Gasteiger partial charge in [-0.25, -0.2) is 0 Å². The van der Waals surface area contributed by atoms with E-state index in [9.17, 15) is 0 Å². The number of pyridine rings is 1. The van der Waals surface area contributed by atoms with Gasteiger partial charge in [-0.2, -0.15) is 0 Å². The quantitative estimate of drug-likeness (QED) is 0.480. The molecule has 3 atom stereocenters. The summed E-state index contributed by atoms with van der Waals surface area (Å²) in [5.74, 6) is 0. The zero-order valence-corrected chi connectivity index (χ0v) is 20.2. The van der Waals surface area contributed by atoms with Crippen molar-refractivity contribution in [3.8, 4) is 0 Å². The molecule has 0 aromatic carbocycles. The second kappa shape index (κ2) is 8.89. The summed E-state index contributed by atoms with van der Waals surface area (Å²) in [6, 6.07) is 2.28. The van der Waals surface area contributed by atoms with Crippen LogP contribution >= 0.6 is 25.7 Å². The third-order valence-corrected chi connectivity index (χ3v) is 8.41. The second-order valence-electron chi connectivity index (χ2n) is 9.71. The fourth-order valence-corrected chi connectivity index (χ4v) is 5.37. The summed E-state index contributed by atoms with van der Waals surface area (Å²) in [5, 5.41) is 1.22. The van der Waals surface area contributed by atoms with E-state index < -0.39 is 0 Å². The van der Waals surface area contributed by atoms with Crippen molar-refractivity contribution in [2.24, 2.45) is 0 Å². The summed E-state index contributed by atoms with van der Waals surface area (Å²) >= 11 is 0.